The Balaban J connectivity index is 2.75. The Morgan fingerprint density at radius 2 is 2.04 bits per heavy atom. The number of alkyl carbamates (subject to hydrolysis) is 1. The molecule has 1 aromatic rings. The summed E-state index contributed by atoms with van der Waals surface area (Å²) in [6.45, 7) is 5.48. The average molecular weight is 401 g/mol. The number of amides is 2. The Labute approximate surface area is 165 Å². The first-order valence-corrected chi connectivity index (χ1v) is 9.29. The van der Waals surface area contributed by atoms with E-state index in [9.17, 15) is 9.59 Å². The fourth-order valence-corrected chi connectivity index (χ4v) is 2.58. The summed E-state index contributed by atoms with van der Waals surface area (Å²) in [5.74, 6) is 0.0113. The molecule has 1 aromatic carbocycles. The molecule has 0 unspecified atom stereocenters. The lowest BCUT2D eigenvalue weighted by Gasteiger charge is -2.24. The van der Waals surface area contributed by atoms with Crippen molar-refractivity contribution in [1.82, 2.24) is 5.32 Å². The van der Waals surface area contributed by atoms with Crippen LogP contribution in [0.4, 0.5) is 4.79 Å². The van der Waals surface area contributed by atoms with Crippen molar-refractivity contribution in [1.29, 1.82) is 0 Å². The molecule has 0 saturated carbocycles. The van der Waals surface area contributed by atoms with Crippen molar-refractivity contribution in [3.63, 3.8) is 0 Å². The fourth-order valence-electron chi connectivity index (χ4n) is 2.31. The number of aryl methyl sites for hydroxylation is 1. The predicted molar refractivity (Wildman–Crippen MR) is 104 cm³/mol. The summed E-state index contributed by atoms with van der Waals surface area (Å²) >= 11 is 6.36. The minimum Gasteiger partial charge on any atom is -0.490 e. The Bertz CT molecular complexity index is 631. The molecule has 0 spiro atoms. The van der Waals surface area contributed by atoms with Crippen LogP contribution in [0, 0.1) is 0 Å². The van der Waals surface area contributed by atoms with Gasteiger partial charge in [0.05, 0.1) is 11.1 Å². The topological polar surface area (TPSA) is 111 Å². The van der Waals surface area contributed by atoms with E-state index in [4.69, 9.17) is 31.9 Å². The summed E-state index contributed by atoms with van der Waals surface area (Å²) < 4.78 is 11.0. The number of carbonyl (C=O) groups excluding carboxylic acids is 2. The molecule has 1 rings (SSSR count). The minimum absolute atomic E-state index is 0.0798. The number of carbonyl (C=O) groups is 2. The van der Waals surface area contributed by atoms with Crippen LogP contribution in [-0.2, 0) is 16.0 Å². The second kappa shape index (κ2) is 11.0. The van der Waals surface area contributed by atoms with Gasteiger partial charge in [0.25, 0.3) is 0 Å². The van der Waals surface area contributed by atoms with Crippen molar-refractivity contribution in [2.75, 3.05) is 13.2 Å². The number of primary amides is 1. The van der Waals surface area contributed by atoms with Gasteiger partial charge in [-0.1, -0.05) is 23.7 Å². The molecular formula is C19H29ClN2O5. The standard InChI is InChI=1S/C19H29ClN2O5/c1-19(2,3)27-18(25)22-14(9-10-16(21)24)12-26-15-8-4-6-13(17(15)20)7-5-11-23/h4,6,8,14,23H,5,7,9-12H2,1-3H3,(H2,21,24)(H,22,25)/t14-/m0/s1. The first-order valence-electron chi connectivity index (χ1n) is 8.91. The van der Waals surface area contributed by atoms with E-state index >= 15 is 0 Å². The van der Waals surface area contributed by atoms with Crippen molar-refractivity contribution in [2.24, 2.45) is 5.73 Å². The summed E-state index contributed by atoms with van der Waals surface area (Å²) in [5, 5.41) is 12.1. The maximum atomic E-state index is 12.0. The van der Waals surface area contributed by atoms with Gasteiger partial charge >= 0.3 is 6.09 Å². The van der Waals surface area contributed by atoms with Gasteiger partial charge in [-0.25, -0.2) is 4.79 Å². The molecular weight excluding hydrogens is 372 g/mol. The molecule has 152 valence electrons. The number of ether oxygens (including phenoxy) is 2. The Morgan fingerprint density at radius 1 is 1.33 bits per heavy atom. The Hall–Kier alpha value is -1.99. The summed E-state index contributed by atoms with van der Waals surface area (Å²) in [7, 11) is 0. The van der Waals surface area contributed by atoms with Crippen LogP contribution in [-0.4, -0.2) is 42.0 Å². The van der Waals surface area contributed by atoms with E-state index in [0.29, 0.717) is 30.0 Å². The molecule has 7 nitrogen and oxygen atoms in total. The molecule has 0 fully saturated rings. The van der Waals surface area contributed by atoms with Gasteiger partial charge in [0.2, 0.25) is 5.91 Å². The fraction of sp³-hybridized carbons (Fsp3) is 0.579. The Kier molecular flexibility index (Phi) is 9.38. The van der Waals surface area contributed by atoms with Crippen molar-refractivity contribution in [2.45, 2.75) is 58.1 Å². The number of nitrogens with one attached hydrogen (secondary N) is 1. The van der Waals surface area contributed by atoms with Gasteiger partial charge in [-0.05, 0) is 51.7 Å². The largest absolute Gasteiger partial charge is 0.490 e. The van der Waals surface area contributed by atoms with Crippen LogP contribution in [0.3, 0.4) is 0 Å². The SMILES string of the molecule is CC(C)(C)OC(=O)N[C@@H](CCC(N)=O)COc1cccc(CCCO)c1Cl. The lowest BCUT2D eigenvalue weighted by atomic mass is 10.1. The number of halogens is 1. The third-order valence-electron chi connectivity index (χ3n) is 3.55. The number of rotatable bonds is 10. The van der Waals surface area contributed by atoms with Gasteiger partial charge in [0.15, 0.2) is 0 Å². The van der Waals surface area contributed by atoms with Gasteiger partial charge in [-0.2, -0.15) is 0 Å². The summed E-state index contributed by atoms with van der Waals surface area (Å²) in [6.07, 6.45) is 1.06. The van der Waals surface area contributed by atoms with Crippen LogP contribution < -0.4 is 15.8 Å². The third-order valence-corrected chi connectivity index (χ3v) is 3.98. The number of nitrogens with two attached hydrogens (primary N) is 1. The molecule has 0 aromatic heterocycles. The molecule has 0 heterocycles. The highest BCUT2D eigenvalue weighted by Crippen LogP contribution is 2.29. The molecule has 27 heavy (non-hydrogen) atoms. The zero-order valence-corrected chi connectivity index (χ0v) is 16.8. The second-order valence-electron chi connectivity index (χ2n) is 7.22. The van der Waals surface area contributed by atoms with Gasteiger partial charge in [-0.15, -0.1) is 0 Å². The van der Waals surface area contributed by atoms with E-state index < -0.39 is 23.6 Å². The van der Waals surface area contributed by atoms with E-state index in [1.807, 2.05) is 12.1 Å². The minimum atomic E-state index is -0.635. The first-order chi connectivity index (χ1) is 12.6. The normalized spacial score (nSPS) is 12.3. The number of aliphatic hydroxyl groups is 1. The van der Waals surface area contributed by atoms with Crippen molar-refractivity contribution in [3.8, 4) is 5.75 Å². The number of aliphatic hydroxyl groups excluding tert-OH is 1. The van der Waals surface area contributed by atoms with Crippen molar-refractivity contribution in [3.05, 3.63) is 28.8 Å². The molecule has 0 radical (unpaired) electrons. The molecule has 0 bridgehead atoms. The van der Waals surface area contributed by atoms with Gasteiger partial charge in [0.1, 0.15) is 18.0 Å². The maximum absolute atomic E-state index is 12.0. The molecule has 0 aliphatic carbocycles. The highest BCUT2D eigenvalue weighted by Gasteiger charge is 2.21. The molecule has 8 heteroatoms. The molecule has 0 aliphatic rings. The van der Waals surface area contributed by atoms with Crippen LogP contribution in [0.25, 0.3) is 0 Å². The summed E-state index contributed by atoms with van der Waals surface area (Å²) in [5.41, 5.74) is 5.44. The number of benzene rings is 1. The zero-order chi connectivity index (χ0) is 20.4. The average Bonchev–Trinajstić information content (AvgIpc) is 2.55. The summed E-state index contributed by atoms with van der Waals surface area (Å²) in [6, 6.07) is 4.94. The van der Waals surface area contributed by atoms with Crippen LogP contribution in [0.1, 0.15) is 45.6 Å². The number of hydrogen-bond acceptors (Lipinski definition) is 5. The smallest absolute Gasteiger partial charge is 0.407 e. The van der Waals surface area contributed by atoms with E-state index in [1.165, 1.54) is 0 Å². The van der Waals surface area contributed by atoms with E-state index in [2.05, 4.69) is 5.32 Å². The molecule has 0 saturated heterocycles. The van der Waals surface area contributed by atoms with Gasteiger partial charge in [0, 0.05) is 13.0 Å². The predicted octanol–water partition coefficient (Wildman–Crippen LogP) is 2.80. The van der Waals surface area contributed by atoms with E-state index in [-0.39, 0.29) is 19.6 Å². The molecule has 2 amide bonds. The molecule has 4 N–H and O–H groups in total. The van der Waals surface area contributed by atoms with E-state index in [0.717, 1.165) is 5.56 Å². The highest BCUT2D eigenvalue weighted by atomic mass is 35.5. The van der Waals surface area contributed by atoms with Crippen LogP contribution in [0.15, 0.2) is 18.2 Å². The Morgan fingerprint density at radius 3 is 2.63 bits per heavy atom. The molecule has 0 aliphatic heterocycles. The third kappa shape index (κ3) is 9.49. The second-order valence-corrected chi connectivity index (χ2v) is 7.59. The zero-order valence-electron chi connectivity index (χ0n) is 16.1. The van der Waals surface area contributed by atoms with Crippen LogP contribution >= 0.6 is 11.6 Å². The van der Waals surface area contributed by atoms with E-state index in [1.54, 1.807) is 26.8 Å². The lowest BCUT2D eigenvalue weighted by Crippen LogP contribution is -2.42. The lowest BCUT2D eigenvalue weighted by molar-refractivity contribution is -0.118. The van der Waals surface area contributed by atoms with Gasteiger partial charge < -0.3 is 25.6 Å². The maximum Gasteiger partial charge on any atom is 0.407 e. The van der Waals surface area contributed by atoms with Crippen LogP contribution in [0.5, 0.6) is 5.75 Å². The molecule has 1 atom stereocenters. The quantitative estimate of drug-likeness (QED) is 0.559. The highest BCUT2D eigenvalue weighted by molar-refractivity contribution is 6.32. The van der Waals surface area contributed by atoms with Crippen molar-refractivity contribution < 1.29 is 24.2 Å². The first kappa shape index (κ1) is 23.0. The van der Waals surface area contributed by atoms with Gasteiger partial charge in [-0.3, -0.25) is 4.79 Å². The summed E-state index contributed by atoms with van der Waals surface area (Å²) in [4.78, 5) is 23.1. The van der Waals surface area contributed by atoms with Crippen molar-refractivity contribution >= 4 is 23.6 Å². The monoisotopic (exact) mass is 400 g/mol. The van der Waals surface area contributed by atoms with Crippen LogP contribution in [0.2, 0.25) is 5.02 Å². The number of hydrogen-bond donors (Lipinski definition) is 3.